The van der Waals surface area contributed by atoms with E-state index in [4.69, 9.17) is 19.6 Å². The highest BCUT2D eigenvalue weighted by atomic mass is 16.5. The number of nitrogens with one attached hydrogen (secondary N) is 2. The number of carbonyl (C=O) groups is 2. The van der Waals surface area contributed by atoms with Crippen molar-refractivity contribution in [2.24, 2.45) is 5.92 Å². The Kier molecular flexibility index (Phi) is 8.78. The minimum absolute atomic E-state index is 0.0708. The molecule has 10 nitrogen and oxygen atoms in total. The topological polar surface area (TPSA) is 142 Å². The molecule has 4 aromatic rings. The minimum atomic E-state index is -0.562. The van der Waals surface area contributed by atoms with Crippen molar-refractivity contribution in [1.82, 2.24) is 10.2 Å². The maximum Gasteiger partial charge on any atom is 0.320 e. The SMILES string of the molecule is COC(=O)C[C@H]1CC[C@H](c2ccc(NC(=O)c3nnc(Nc4cccc(OCc5ccccc5)c4)o3)c(N)c2)CC1. The Morgan fingerprint density at radius 1 is 0.976 bits per heavy atom. The molecule has 1 fully saturated rings. The number of hydrogen-bond donors (Lipinski definition) is 3. The highest BCUT2D eigenvalue weighted by Gasteiger charge is 2.25. The lowest BCUT2D eigenvalue weighted by Crippen LogP contribution is -2.17. The van der Waals surface area contributed by atoms with Crippen LogP contribution in [-0.4, -0.2) is 29.2 Å². The molecule has 0 aliphatic heterocycles. The lowest BCUT2D eigenvalue weighted by molar-refractivity contribution is -0.142. The molecule has 0 saturated heterocycles. The zero-order chi connectivity index (χ0) is 28.6. The van der Waals surface area contributed by atoms with Crippen LogP contribution < -0.4 is 21.1 Å². The molecule has 0 spiro atoms. The van der Waals surface area contributed by atoms with E-state index in [1.54, 1.807) is 12.1 Å². The molecule has 1 aliphatic carbocycles. The van der Waals surface area contributed by atoms with Crippen LogP contribution in [0.3, 0.4) is 0 Å². The van der Waals surface area contributed by atoms with E-state index in [1.807, 2.05) is 60.7 Å². The number of carbonyl (C=O) groups excluding carboxylic acids is 2. The monoisotopic (exact) mass is 555 g/mol. The van der Waals surface area contributed by atoms with Crippen LogP contribution in [0.4, 0.5) is 23.1 Å². The molecule has 3 aromatic carbocycles. The zero-order valence-electron chi connectivity index (χ0n) is 22.8. The number of nitrogens with zero attached hydrogens (tertiary/aromatic N) is 2. The molecule has 5 rings (SSSR count). The van der Waals surface area contributed by atoms with Crippen molar-refractivity contribution in [2.45, 2.75) is 44.6 Å². The van der Waals surface area contributed by atoms with E-state index in [0.717, 1.165) is 36.8 Å². The Morgan fingerprint density at radius 2 is 1.78 bits per heavy atom. The predicted molar refractivity (Wildman–Crippen MR) is 155 cm³/mol. The molecule has 0 unspecified atom stereocenters. The summed E-state index contributed by atoms with van der Waals surface area (Å²) in [7, 11) is 1.43. The van der Waals surface area contributed by atoms with Crippen LogP contribution in [0.5, 0.6) is 5.75 Å². The van der Waals surface area contributed by atoms with Crippen LogP contribution in [0.15, 0.2) is 77.2 Å². The molecule has 1 aromatic heterocycles. The van der Waals surface area contributed by atoms with Gasteiger partial charge in [0, 0.05) is 18.2 Å². The van der Waals surface area contributed by atoms with Crippen molar-refractivity contribution in [3.63, 3.8) is 0 Å². The van der Waals surface area contributed by atoms with Gasteiger partial charge in [0.25, 0.3) is 0 Å². The van der Waals surface area contributed by atoms with E-state index in [9.17, 15) is 9.59 Å². The Balaban J connectivity index is 1.14. The van der Waals surface area contributed by atoms with E-state index < -0.39 is 5.91 Å². The summed E-state index contributed by atoms with van der Waals surface area (Å²) in [5.41, 5.74) is 10.1. The second-order valence-corrected chi connectivity index (χ2v) is 10.1. The molecule has 1 amide bonds. The summed E-state index contributed by atoms with van der Waals surface area (Å²) in [6.07, 6.45) is 4.37. The third-order valence-corrected chi connectivity index (χ3v) is 7.28. The molecule has 41 heavy (non-hydrogen) atoms. The summed E-state index contributed by atoms with van der Waals surface area (Å²) < 4.78 is 16.2. The van der Waals surface area contributed by atoms with E-state index in [-0.39, 0.29) is 17.9 Å². The third kappa shape index (κ3) is 7.42. The fourth-order valence-corrected chi connectivity index (χ4v) is 5.04. The molecular formula is C31H33N5O5. The number of aromatic nitrogens is 2. The number of anilines is 4. The molecular weight excluding hydrogens is 522 g/mol. The lowest BCUT2D eigenvalue weighted by Gasteiger charge is -2.28. The first kappa shape index (κ1) is 27.7. The Hall–Kier alpha value is -4.86. The highest BCUT2D eigenvalue weighted by Crippen LogP contribution is 2.38. The van der Waals surface area contributed by atoms with Crippen molar-refractivity contribution < 1.29 is 23.5 Å². The first-order valence-electron chi connectivity index (χ1n) is 13.6. The molecule has 0 bridgehead atoms. The minimum Gasteiger partial charge on any atom is -0.489 e. The first-order valence-corrected chi connectivity index (χ1v) is 13.6. The average molecular weight is 556 g/mol. The normalized spacial score (nSPS) is 16.5. The zero-order valence-corrected chi connectivity index (χ0v) is 22.8. The molecule has 1 saturated carbocycles. The summed E-state index contributed by atoms with van der Waals surface area (Å²) in [5, 5.41) is 13.6. The maximum atomic E-state index is 12.8. The lowest BCUT2D eigenvalue weighted by atomic mass is 9.77. The molecule has 212 valence electrons. The van der Waals surface area contributed by atoms with Crippen LogP contribution in [-0.2, 0) is 16.1 Å². The Morgan fingerprint density at radius 3 is 2.54 bits per heavy atom. The molecule has 0 radical (unpaired) electrons. The number of nitrogen functional groups attached to an aromatic ring is 1. The number of ether oxygens (including phenoxy) is 2. The van der Waals surface area contributed by atoms with Gasteiger partial charge in [-0.15, -0.1) is 5.10 Å². The maximum absolute atomic E-state index is 12.8. The summed E-state index contributed by atoms with van der Waals surface area (Å²) in [5.74, 6) is 0.484. The van der Waals surface area contributed by atoms with E-state index in [2.05, 4.69) is 20.8 Å². The van der Waals surface area contributed by atoms with Crippen molar-refractivity contribution in [3.05, 3.63) is 89.8 Å². The van der Waals surface area contributed by atoms with Gasteiger partial charge in [-0.2, -0.15) is 0 Å². The van der Waals surface area contributed by atoms with Gasteiger partial charge in [0.15, 0.2) is 0 Å². The van der Waals surface area contributed by atoms with Gasteiger partial charge in [0.2, 0.25) is 0 Å². The van der Waals surface area contributed by atoms with Crippen LogP contribution in [0.25, 0.3) is 0 Å². The Labute approximate surface area is 238 Å². The van der Waals surface area contributed by atoms with Gasteiger partial charge < -0.3 is 30.3 Å². The second-order valence-electron chi connectivity index (χ2n) is 10.1. The van der Waals surface area contributed by atoms with Gasteiger partial charge in [-0.1, -0.05) is 47.6 Å². The fraction of sp³-hybridized carbons (Fsp3) is 0.290. The van der Waals surface area contributed by atoms with Crippen LogP contribution >= 0.6 is 0 Å². The third-order valence-electron chi connectivity index (χ3n) is 7.28. The quantitative estimate of drug-likeness (QED) is 0.157. The molecule has 1 aliphatic rings. The molecule has 0 atom stereocenters. The highest BCUT2D eigenvalue weighted by molar-refractivity contribution is 6.02. The molecule has 1 heterocycles. The van der Waals surface area contributed by atoms with Gasteiger partial charge in [-0.25, -0.2) is 0 Å². The van der Waals surface area contributed by atoms with E-state index in [0.29, 0.717) is 47.7 Å². The van der Waals surface area contributed by atoms with Crippen molar-refractivity contribution >= 4 is 35.0 Å². The van der Waals surface area contributed by atoms with Gasteiger partial charge in [0.1, 0.15) is 12.4 Å². The standard InChI is InChI=1S/C31H33N5O5/c1-39-28(37)16-20-10-12-22(13-11-20)23-14-15-27(26(32)17-23)34-29(38)30-35-36-31(41-30)33-24-8-5-9-25(18-24)40-19-21-6-3-2-4-7-21/h2-9,14-15,17-18,20,22H,10-13,16,19,32H2,1H3,(H,33,36)(H,34,38)/t20-,22-. The predicted octanol–water partition coefficient (Wildman–Crippen LogP) is 6.06. The van der Waals surface area contributed by atoms with Gasteiger partial charge in [-0.3, -0.25) is 9.59 Å². The van der Waals surface area contributed by atoms with Crippen molar-refractivity contribution in [2.75, 3.05) is 23.5 Å². The fourth-order valence-electron chi connectivity index (χ4n) is 5.04. The second kappa shape index (κ2) is 13.0. The molecule has 10 heteroatoms. The number of amides is 1. The smallest absolute Gasteiger partial charge is 0.320 e. The van der Waals surface area contributed by atoms with Crippen LogP contribution in [0, 0.1) is 5.92 Å². The average Bonchev–Trinajstić information content (AvgIpc) is 3.47. The van der Waals surface area contributed by atoms with Crippen LogP contribution in [0.2, 0.25) is 0 Å². The van der Waals surface area contributed by atoms with Crippen LogP contribution in [0.1, 0.15) is 59.8 Å². The Bertz CT molecular complexity index is 1480. The van der Waals surface area contributed by atoms with Gasteiger partial charge >= 0.3 is 23.8 Å². The largest absolute Gasteiger partial charge is 0.489 e. The number of hydrogen-bond acceptors (Lipinski definition) is 9. The number of rotatable bonds is 10. The number of benzene rings is 3. The molecule has 4 N–H and O–H groups in total. The number of methoxy groups -OCH3 is 1. The summed E-state index contributed by atoms with van der Waals surface area (Å²) in [6.45, 7) is 0.442. The number of esters is 1. The summed E-state index contributed by atoms with van der Waals surface area (Å²) in [4.78, 5) is 24.4. The van der Waals surface area contributed by atoms with Gasteiger partial charge in [-0.05, 0) is 72.9 Å². The van der Waals surface area contributed by atoms with E-state index in [1.165, 1.54) is 7.11 Å². The first-order chi connectivity index (χ1) is 20.0. The van der Waals surface area contributed by atoms with Crippen molar-refractivity contribution in [1.29, 1.82) is 0 Å². The van der Waals surface area contributed by atoms with Crippen molar-refractivity contribution in [3.8, 4) is 5.75 Å². The summed E-state index contributed by atoms with van der Waals surface area (Å²) >= 11 is 0. The van der Waals surface area contributed by atoms with Gasteiger partial charge in [0.05, 0.1) is 18.5 Å². The summed E-state index contributed by atoms with van der Waals surface area (Å²) in [6, 6.07) is 22.9. The number of nitrogens with two attached hydrogens (primary N) is 1. The van der Waals surface area contributed by atoms with E-state index >= 15 is 0 Å².